The molecule has 0 spiro atoms. The molecule has 0 atom stereocenters. The molecule has 2 rings (SSSR count). The molecule has 0 amide bonds. The third-order valence-corrected chi connectivity index (χ3v) is 2.57. The van der Waals surface area contributed by atoms with Gasteiger partial charge in [0.05, 0.1) is 32.3 Å². The maximum Gasteiger partial charge on any atom is 0.165 e. The van der Waals surface area contributed by atoms with Crippen LogP contribution in [0.1, 0.15) is 6.42 Å². The van der Waals surface area contributed by atoms with E-state index in [0.29, 0.717) is 13.0 Å². The third kappa shape index (κ3) is 2.48. The highest BCUT2D eigenvalue weighted by Gasteiger charge is 2.07. The normalized spacial score (nSPS) is 10.1. The van der Waals surface area contributed by atoms with Crippen LogP contribution in [0.15, 0.2) is 30.6 Å². The van der Waals surface area contributed by atoms with Crippen LogP contribution in [0.3, 0.4) is 0 Å². The highest BCUT2D eigenvalue weighted by atomic mass is 19.1. The first-order valence-corrected chi connectivity index (χ1v) is 5.48. The molecule has 1 aromatic carbocycles. The predicted molar refractivity (Wildman–Crippen MR) is 64.4 cm³/mol. The number of aromatic nitrogens is 2. The van der Waals surface area contributed by atoms with Gasteiger partial charge >= 0.3 is 0 Å². The van der Waals surface area contributed by atoms with Crippen molar-refractivity contribution in [1.82, 2.24) is 9.78 Å². The SMILES string of the molecule is COc1ccc(-c2cnn(CCC#N)c2)cc1F. The second-order valence-corrected chi connectivity index (χ2v) is 3.75. The molecule has 1 heterocycles. The molecular weight excluding hydrogens is 233 g/mol. The van der Waals surface area contributed by atoms with Gasteiger partial charge in [-0.1, -0.05) is 6.07 Å². The second kappa shape index (κ2) is 5.32. The minimum atomic E-state index is -0.403. The first-order chi connectivity index (χ1) is 8.74. The number of nitrogens with zero attached hydrogens (tertiary/aromatic N) is 3. The molecule has 0 aliphatic heterocycles. The fourth-order valence-electron chi connectivity index (χ4n) is 1.65. The highest BCUT2D eigenvalue weighted by molar-refractivity contribution is 5.62. The van der Waals surface area contributed by atoms with Crippen LogP contribution >= 0.6 is 0 Å². The Labute approximate surface area is 104 Å². The molecule has 0 saturated carbocycles. The molecular formula is C13H12FN3O. The average molecular weight is 245 g/mol. The predicted octanol–water partition coefficient (Wildman–Crippen LogP) is 2.61. The third-order valence-electron chi connectivity index (χ3n) is 2.57. The Hall–Kier alpha value is -2.35. The number of halogens is 1. The van der Waals surface area contributed by atoms with Crippen molar-refractivity contribution >= 4 is 0 Å². The largest absolute Gasteiger partial charge is 0.494 e. The molecule has 4 nitrogen and oxygen atoms in total. The number of rotatable bonds is 4. The first-order valence-electron chi connectivity index (χ1n) is 5.48. The van der Waals surface area contributed by atoms with Gasteiger partial charge in [-0.25, -0.2) is 4.39 Å². The van der Waals surface area contributed by atoms with Crippen LogP contribution in [0.4, 0.5) is 4.39 Å². The Balaban J connectivity index is 2.23. The summed E-state index contributed by atoms with van der Waals surface area (Å²) in [6, 6.07) is 6.81. The molecule has 0 fully saturated rings. The molecule has 18 heavy (non-hydrogen) atoms. The second-order valence-electron chi connectivity index (χ2n) is 3.75. The fourth-order valence-corrected chi connectivity index (χ4v) is 1.65. The Morgan fingerprint density at radius 1 is 1.44 bits per heavy atom. The van der Waals surface area contributed by atoms with Gasteiger partial charge in [-0.15, -0.1) is 0 Å². The zero-order valence-corrected chi connectivity index (χ0v) is 9.93. The van der Waals surface area contributed by atoms with Gasteiger partial charge < -0.3 is 4.74 Å². The zero-order valence-electron chi connectivity index (χ0n) is 9.93. The maximum atomic E-state index is 13.6. The van der Waals surface area contributed by atoms with Gasteiger partial charge in [-0.2, -0.15) is 10.4 Å². The number of ether oxygens (including phenoxy) is 1. The summed E-state index contributed by atoms with van der Waals surface area (Å²) >= 11 is 0. The van der Waals surface area contributed by atoms with E-state index in [-0.39, 0.29) is 5.75 Å². The molecule has 0 saturated heterocycles. The lowest BCUT2D eigenvalue weighted by molar-refractivity contribution is 0.386. The van der Waals surface area contributed by atoms with Crippen molar-refractivity contribution in [2.75, 3.05) is 7.11 Å². The monoisotopic (exact) mass is 245 g/mol. The van der Waals surface area contributed by atoms with E-state index in [1.165, 1.54) is 13.2 Å². The Bertz CT molecular complexity index is 586. The van der Waals surface area contributed by atoms with Gasteiger partial charge in [0.25, 0.3) is 0 Å². The summed E-state index contributed by atoms with van der Waals surface area (Å²) in [5.74, 6) is -0.185. The standard InChI is InChI=1S/C13H12FN3O/c1-18-13-4-3-10(7-12(13)14)11-8-16-17(9-11)6-2-5-15/h3-4,7-9H,2,6H2,1H3. The van der Waals surface area contributed by atoms with Crippen molar-refractivity contribution in [2.24, 2.45) is 0 Å². The van der Waals surface area contributed by atoms with Gasteiger partial charge in [0.2, 0.25) is 0 Å². The first kappa shape index (κ1) is 12.1. The molecule has 0 aliphatic rings. The minimum Gasteiger partial charge on any atom is -0.494 e. The van der Waals surface area contributed by atoms with Crippen molar-refractivity contribution in [3.05, 3.63) is 36.4 Å². The van der Waals surface area contributed by atoms with E-state index < -0.39 is 5.82 Å². The van der Waals surface area contributed by atoms with E-state index in [9.17, 15) is 4.39 Å². The molecule has 0 radical (unpaired) electrons. The van der Waals surface area contributed by atoms with Gasteiger partial charge in [-0.3, -0.25) is 4.68 Å². The van der Waals surface area contributed by atoms with Gasteiger partial charge in [0, 0.05) is 11.8 Å². The van der Waals surface area contributed by atoms with Gasteiger partial charge in [0.1, 0.15) is 0 Å². The summed E-state index contributed by atoms with van der Waals surface area (Å²) in [5.41, 5.74) is 1.55. The van der Waals surface area contributed by atoms with Crippen LogP contribution in [0, 0.1) is 17.1 Å². The fraction of sp³-hybridized carbons (Fsp3) is 0.231. The number of hydrogen-bond acceptors (Lipinski definition) is 3. The molecule has 0 aliphatic carbocycles. The Morgan fingerprint density at radius 3 is 2.94 bits per heavy atom. The van der Waals surface area contributed by atoms with Crippen molar-refractivity contribution in [2.45, 2.75) is 13.0 Å². The van der Waals surface area contributed by atoms with Crippen molar-refractivity contribution < 1.29 is 9.13 Å². The van der Waals surface area contributed by atoms with Crippen LogP contribution in [-0.2, 0) is 6.54 Å². The number of aryl methyl sites for hydroxylation is 1. The smallest absolute Gasteiger partial charge is 0.165 e. The van der Waals surface area contributed by atoms with Gasteiger partial charge in [0.15, 0.2) is 11.6 Å². The van der Waals surface area contributed by atoms with Gasteiger partial charge in [-0.05, 0) is 17.7 Å². The molecule has 92 valence electrons. The summed E-state index contributed by atoms with van der Waals surface area (Å²) < 4.78 is 20.1. The van der Waals surface area contributed by atoms with Crippen molar-refractivity contribution in [3.8, 4) is 22.9 Å². The zero-order chi connectivity index (χ0) is 13.0. The van der Waals surface area contributed by atoms with E-state index in [0.717, 1.165) is 11.1 Å². The lowest BCUT2D eigenvalue weighted by Gasteiger charge is -2.03. The van der Waals surface area contributed by atoms with E-state index in [1.807, 2.05) is 0 Å². The van der Waals surface area contributed by atoms with Crippen molar-refractivity contribution in [3.63, 3.8) is 0 Å². The Kier molecular flexibility index (Phi) is 3.58. The highest BCUT2D eigenvalue weighted by Crippen LogP contribution is 2.25. The number of methoxy groups -OCH3 is 1. The lowest BCUT2D eigenvalue weighted by Crippen LogP contribution is -1.96. The van der Waals surface area contributed by atoms with E-state index in [4.69, 9.17) is 10.00 Å². The van der Waals surface area contributed by atoms with Crippen LogP contribution < -0.4 is 4.74 Å². The molecule has 5 heteroatoms. The van der Waals surface area contributed by atoms with Crippen LogP contribution in [0.25, 0.3) is 11.1 Å². The number of hydrogen-bond donors (Lipinski definition) is 0. The van der Waals surface area contributed by atoms with E-state index in [1.54, 1.807) is 29.2 Å². The molecule has 0 bridgehead atoms. The topological polar surface area (TPSA) is 50.8 Å². The van der Waals surface area contributed by atoms with Crippen LogP contribution in [0.5, 0.6) is 5.75 Å². The molecule has 0 N–H and O–H groups in total. The molecule has 1 aromatic heterocycles. The summed E-state index contributed by atoms with van der Waals surface area (Å²) in [6.45, 7) is 0.537. The molecule has 2 aromatic rings. The quantitative estimate of drug-likeness (QED) is 0.831. The number of nitriles is 1. The number of benzene rings is 1. The van der Waals surface area contributed by atoms with Crippen LogP contribution in [-0.4, -0.2) is 16.9 Å². The van der Waals surface area contributed by atoms with E-state index >= 15 is 0 Å². The minimum absolute atomic E-state index is 0.218. The maximum absolute atomic E-state index is 13.6. The summed E-state index contributed by atoms with van der Waals surface area (Å²) in [6.07, 6.45) is 3.84. The van der Waals surface area contributed by atoms with Crippen molar-refractivity contribution in [1.29, 1.82) is 5.26 Å². The lowest BCUT2D eigenvalue weighted by atomic mass is 10.1. The molecule has 0 unspecified atom stereocenters. The summed E-state index contributed by atoms with van der Waals surface area (Å²) in [7, 11) is 1.43. The summed E-state index contributed by atoms with van der Waals surface area (Å²) in [4.78, 5) is 0. The van der Waals surface area contributed by atoms with E-state index in [2.05, 4.69) is 11.2 Å². The summed E-state index contributed by atoms with van der Waals surface area (Å²) in [5, 5.41) is 12.6. The average Bonchev–Trinajstić information content (AvgIpc) is 2.85. The van der Waals surface area contributed by atoms with Crippen LogP contribution in [0.2, 0.25) is 0 Å². The Morgan fingerprint density at radius 2 is 2.28 bits per heavy atom.